The Bertz CT molecular complexity index is 266. The molecule has 1 heterocycles. The van der Waals surface area contributed by atoms with E-state index in [1.165, 1.54) is 10.7 Å². The van der Waals surface area contributed by atoms with E-state index >= 15 is 0 Å². The maximum absolute atomic E-state index is 11.5. The van der Waals surface area contributed by atoms with Gasteiger partial charge in [0.2, 0.25) is 0 Å². The molecule has 5 heteroatoms. The fourth-order valence-corrected chi connectivity index (χ4v) is 3.16. The smallest absolute Gasteiger partial charge is 0.199 e. The molecule has 0 spiro atoms. The highest BCUT2D eigenvalue weighted by atomic mass is 32.2. The third-order valence-electron chi connectivity index (χ3n) is 2.67. The molecule has 0 aromatic carbocycles. The highest BCUT2D eigenvalue weighted by Gasteiger charge is 2.33. The molecule has 0 radical (unpaired) electrons. The summed E-state index contributed by atoms with van der Waals surface area (Å²) in [5, 5.41) is 0. The van der Waals surface area contributed by atoms with Crippen LogP contribution in [-0.2, 0) is 10.2 Å². The molecule has 0 aromatic heterocycles. The van der Waals surface area contributed by atoms with Gasteiger partial charge in [-0.1, -0.05) is 19.3 Å². The number of rotatable bonds is 3. The highest BCUT2D eigenvalue weighted by molar-refractivity contribution is 7.87. The first-order valence-electron chi connectivity index (χ1n) is 4.96. The fraction of sp³-hybridized carbons (Fsp3) is 1.00. The van der Waals surface area contributed by atoms with Crippen molar-refractivity contribution in [2.75, 3.05) is 13.1 Å². The molecule has 76 valence electrons. The van der Waals surface area contributed by atoms with Gasteiger partial charge in [0, 0.05) is 19.1 Å². The monoisotopic (exact) mass is 204 g/mol. The summed E-state index contributed by atoms with van der Waals surface area (Å²) in [4.78, 5) is 0. The van der Waals surface area contributed by atoms with Crippen LogP contribution in [0.4, 0.5) is 0 Å². The predicted octanol–water partition coefficient (Wildman–Crippen LogP) is 0.469. The molecule has 0 amide bonds. The van der Waals surface area contributed by atoms with Gasteiger partial charge in [-0.25, -0.2) is 0 Å². The van der Waals surface area contributed by atoms with Crippen LogP contribution in [0.25, 0.3) is 0 Å². The lowest BCUT2D eigenvalue weighted by Gasteiger charge is -2.22. The Morgan fingerprint density at radius 3 is 2.23 bits per heavy atom. The minimum atomic E-state index is -3.10. The molecule has 2 rings (SSSR count). The largest absolute Gasteiger partial charge is 0.279 e. The van der Waals surface area contributed by atoms with E-state index in [2.05, 4.69) is 4.72 Å². The van der Waals surface area contributed by atoms with E-state index in [9.17, 15) is 8.42 Å². The van der Waals surface area contributed by atoms with Crippen LogP contribution >= 0.6 is 0 Å². The second-order valence-corrected chi connectivity index (χ2v) is 5.56. The molecule has 1 saturated carbocycles. The van der Waals surface area contributed by atoms with E-state index < -0.39 is 10.2 Å². The molecular weight excluding hydrogens is 188 g/mol. The zero-order chi connectivity index (χ0) is 9.31. The van der Waals surface area contributed by atoms with Crippen LogP contribution in [0.15, 0.2) is 0 Å². The van der Waals surface area contributed by atoms with Crippen molar-refractivity contribution in [3.05, 3.63) is 0 Å². The van der Waals surface area contributed by atoms with Crippen molar-refractivity contribution in [1.29, 1.82) is 0 Å². The van der Waals surface area contributed by atoms with Crippen LogP contribution in [0.3, 0.4) is 0 Å². The first-order chi connectivity index (χ1) is 6.18. The zero-order valence-electron chi connectivity index (χ0n) is 7.70. The van der Waals surface area contributed by atoms with Crippen molar-refractivity contribution in [2.45, 2.75) is 38.1 Å². The molecule has 1 aliphatic heterocycles. The van der Waals surface area contributed by atoms with Crippen molar-refractivity contribution in [1.82, 2.24) is 9.03 Å². The van der Waals surface area contributed by atoms with Crippen molar-refractivity contribution < 1.29 is 8.42 Å². The number of hydrogen-bond acceptors (Lipinski definition) is 2. The Labute approximate surface area is 79.5 Å². The average Bonchev–Trinajstić information content (AvgIpc) is 2.87. The van der Waals surface area contributed by atoms with Crippen molar-refractivity contribution in [3.63, 3.8) is 0 Å². The summed E-state index contributed by atoms with van der Waals surface area (Å²) < 4.78 is 27.2. The lowest BCUT2D eigenvalue weighted by molar-refractivity contribution is 0.406. The summed E-state index contributed by atoms with van der Waals surface area (Å²) in [6, 6.07) is 0.194. The second kappa shape index (κ2) is 3.55. The average molecular weight is 204 g/mol. The van der Waals surface area contributed by atoms with Crippen LogP contribution in [0.1, 0.15) is 32.1 Å². The third kappa shape index (κ3) is 2.42. The SMILES string of the molecule is O=S(=O)(NC1CCCCC1)N1CC1. The third-order valence-corrected chi connectivity index (χ3v) is 4.34. The Hall–Kier alpha value is -0.130. The van der Waals surface area contributed by atoms with Gasteiger partial charge < -0.3 is 0 Å². The van der Waals surface area contributed by atoms with E-state index in [0.717, 1.165) is 25.7 Å². The Morgan fingerprint density at radius 1 is 1.08 bits per heavy atom. The van der Waals surface area contributed by atoms with Gasteiger partial charge >= 0.3 is 0 Å². The van der Waals surface area contributed by atoms with Gasteiger partial charge in [0.25, 0.3) is 10.2 Å². The van der Waals surface area contributed by atoms with E-state index in [1.54, 1.807) is 0 Å². The van der Waals surface area contributed by atoms with Crippen LogP contribution in [0, 0.1) is 0 Å². The quantitative estimate of drug-likeness (QED) is 0.679. The molecule has 2 fully saturated rings. The maximum Gasteiger partial charge on any atom is 0.279 e. The maximum atomic E-state index is 11.5. The molecule has 2 aliphatic rings. The lowest BCUT2D eigenvalue weighted by atomic mass is 9.96. The Kier molecular flexibility index (Phi) is 2.58. The van der Waals surface area contributed by atoms with Gasteiger partial charge in [-0.15, -0.1) is 0 Å². The fourth-order valence-electron chi connectivity index (χ4n) is 1.79. The van der Waals surface area contributed by atoms with Gasteiger partial charge in [0.05, 0.1) is 0 Å². The highest BCUT2D eigenvalue weighted by Crippen LogP contribution is 2.20. The number of nitrogens with zero attached hydrogens (tertiary/aromatic N) is 1. The molecule has 0 aromatic rings. The van der Waals surface area contributed by atoms with E-state index in [0.29, 0.717) is 13.1 Å². The molecule has 1 saturated heterocycles. The molecular formula is C8H16N2O2S. The summed E-state index contributed by atoms with van der Waals surface area (Å²) in [6.45, 7) is 1.39. The molecule has 1 N–H and O–H groups in total. The topological polar surface area (TPSA) is 49.2 Å². The van der Waals surface area contributed by atoms with Crippen LogP contribution < -0.4 is 4.72 Å². The van der Waals surface area contributed by atoms with Gasteiger partial charge in [-0.05, 0) is 12.8 Å². The van der Waals surface area contributed by atoms with Crippen molar-refractivity contribution in [3.8, 4) is 0 Å². The number of hydrogen-bond donors (Lipinski definition) is 1. The first-order valence-corrected chi connectivity index (χ1v) is 6.40. The first kappa shape index (κ1) is 9.43. The summed E-state index contributed by atoms with van der Waals surface area (Å²) in [7, 11) is -3.10. The molecule has 4 nitrogen and oxygen atoms in total. The molecule has 1 aliphatic carbocycles. The van der Waals surface area contributed by atoms with Gasteiger partial charge in [-0.3, -0.25) is 0 Å². The summed E-state index contributed by atoms with van der Waals surface area (Å²) in [5.41, 5.74) is 0. The summed E-state index contributed by atoms with van der Waals surface area (Å²) in [5.74, 6) is 0. The van der Waals surface area contributed by atoms with E-state index in [4.69, 9.17) is 0 Å². The normalized spacial score (nSPS) is 26.2. The summed E-state index contributed by atoms with van der Waals surface area (Å²) in [6.07, 6.45) is 5.59. The van der Waals surface area contributed by atoms with Crippen molar-refractivity contribution >= 4 is 10.2 Å². The van der Waals surface area contributed by atoms with Gasteiger partial charge in [0.15, 0.2) is 0 Å². The Morgan fingerprint density at radius 2 is 1.69 bits per heavy atom. The van der Waals surface area contributed by atoms with Crippen LogP contribution in [-0.4, -0.2) is 31.9 Å². The molecule has 0 atom stereocenters. The molecule has 0 unspecified atom stereocenters. The minimum Gasteiger partial charge on any atom is -0.199 e. The van der Waals surface area contributed by atoms with Gasteiger partial charge in [0.1, 0.15) is 0 Å². The van der Waals surface area contributed by atoms with E-state index in [1.807, 2.05) is 0 Å². The molecule has 0 bridgehead atoms. The lowest BCUT2D eigenvalue weighted by Crippen LogP contribution is -2.39. The predicted molar refractivity (Wildman–Crippen MR) is 50.5 cm³/mol. The number of nitrogens with one attached hydrogen (secondary N) is 1. The van der Waals surface area contributed by atoms with Crippen LogP contribution in [0.5, 0.6) is 0 Å². The van der Waals surface area contributed by atoms with Gasteiger partial charge in [-0.2, -0.15) is 17.4 Å². The standard InChI is InChI=1S/C8H16N2O2S/c11-13(12,10-6-7-10)9-8-4-2-1-3-5-8/h8-9H,1-7H2. The Balaban J connectivity index is 1.88. The zero-order valence-corrected chi connectivity index (χ0v) is 8.52. The van der Waals surface area contributed by atoms with Crippen LogP contribution in [0.2, 0.25) is 0 Å². The second-order valence-electron chi connectivity index (χ2n) is 3.86. The van der Waals surface area contributed by atoms with Crippen molar-refractivity contribution in [2.24, 2.45) is 0 Å². The summed E-state index contributed by atoms with van der Waals surface area (Å²) >= 11 is 0. The van der Waals surface area contributed by atoms with E-state index in [-0.39, 0.29) is 6.04 Å². The molecule has 13 heavy (non-hydrogen) atoms. The minimum absolute atomic E-state index is 0.194.